The van der Waals surface area contributed by atoms with E-state index in [1.54, 1.807) is 0 Å². The van der Waals surface area contributed by atoms with Crippen LogP contribution in [-0.2, 0) is 17.4 Å². The van der Waals surface area contributed by atoms with E-state index in [0.29, 0.717) is 12.3 Å². The first-order valence-corrected chi connectivity index (χ1v) is 10.5. The van der Waals surface area contributed by atoms with Gasteiger partial charge in [-0.25, -0.2) is 0 Å². The fraction of sp³-hybridized carbons (Fsp3) is 0.696. The Labute approximate surface area is 167 Å². The van der Waals surface area contributed by atoms with Crippen molar-refractivity contribution in [2.24, 2.45) is 11.8 Å². The zero-order chi connectivity index (χ0) is 20.9. The van der Waals surface area contributed by atoms with Crippen molar-refractivity contribution < 1.29 is 18.0 Å². The van der Waals surface area contributed by atoms with Crippen LogP contribution in [0.4, 0.5) is 13.2 Å². The van der Waals surface area contributed by atoms with Crippen molar-refractivity contribution in [1.82, 2.24) is 4.90 Å². The molecule has 1 aromatic carbocycles. The van der Waals surface area contributed by atoms with Crippen molar-refractivity contribution in [1.29, 1.82) is 0 Å². The lowest BCUT2D eigenvalue weighted by atomic mass is 9.86. The van der Waals surface area contributed by atoms with Gasteiger partial charge in [-0.05, 0) is 56.7 Å². The third-order valence-electron chi connectivity index (χ3n) is 5.87. The number of hydrogen-bond acceptors (Lipinski definition) is 2. The molecule has 158 valence electrons. The lowest BCUT2D eigenvalue weighted by Crippen LogP contribution is -2.50. The number of nitrogens with zero attached hydrogens (tertiary/aromatic N) is 1. The standard InChI is InChI=1S/C23H34F3NO/c1-16(2)22(28)21(14-18-10-12-20(13-11-18)23(24,25)26)27(17(3)4)15-19-8-6-5-7-9-19/h10-13,16-17,19,21H,5-9,14-15H2,1-4H3/t21-/m0/s1. The third kappa shape index (κ3) is 6.33. The van der Waals surface area contributed by atoms with E-state index < -0.39 is 11.7 Å². The van der Waals surface area contributed by atoms with Crippen molar-refractivity contribution >= 4 is 5.78 Å². The second-order valence-corrected chi connectivity index (χ2v) is 8.77. The molecule has 0 heterocycles. The topological polar surface area (TPSA) is 20.3 Å². The maximum Gasteiger partial charge on any atom is 0.416 e. The Hall–Kier alpha value is -1.36. The summed E-state index contributed by atoms with van der Waals surface area (Å²) in [6, 6.07) is 5.19. The summed E-state index contributed by atoms with van der Waals surface area (Å²) in [5, 5.41) is 0. The summed E-state index contributed by atoms with van der Waals surface area (Å²) in [7, 11) is 0. The Kier molecular flexibility index (Phi) is 8.11. The molecule has 1 aliphatic carbocycles. The van der Waals surface area contributed by atoms with Gasteiger partial charge in [-0.1, -0.05) is 45.2 Å². The van der Waals surface area contributed by atoms with Gasteiger partial charge >= 0.3 is 6.18 Å². The second kappa shape index (κ2) is 9.91. The van der Waals surface area contributed by atoms with E-state index in [1.165, 1.54) is 44.2 Å². The zero-order valence-electron chi connectivity index (χ0n) is 17.6. The number of carbonyl (C=O) groups is 1. The van der Waals surface area contributed by atoms with Gasteiger partial charge in [-0.2, -0.15) is 13.2 Å². The fourth-order valence-electron chi connectivity index (χ4n) is 4.18. The molecule has 28 heavy (non-hydrogen) atoms. The molecule has 0 aliphatic heterocycles. The molecule has 0 aromatic heterocycles. The number of Topliss-reactive ketones (excluding diaryl/α,β-unsaturated/α-hetero) is 1. The van der Waals surface area contributed by atoms with Crippen LogP contribution in [0.5, 0.6) is 0 Å². The molecular weight excluding hydrogens is 363 g/mol. The van der Waals surface area contributed by atoms with Crippen LogP contribution < -0.4 is 0 Å². The van der Waals surface area contributed by atoms with Gasteiger partial charge in [0, 0.05) is 18.5 Å². The molecular formula is C23H34F3NO. The van der Waals surface area contributed by atoms with Crippen LogP contribution >= 0.6 is 0 Å². The maximum absolute atomic E-state index is 13.0. The summed E-state index contributed by atoms with van der Waals surface area (Å²) in [6.07, 6.45) is 2.31. The van der Waals surface area contributed by atoms with E-state index in [9.17, 15) is 18.0 Å². The van der Waals surface area contributed by atoms with Crippen LogP contribution in [0, 0.1) is 11.8 Å². The summed E-state index contributed by atoms with van der Waals surface area (Å²) in [5.74, 6) is 0.669. The van der Waals surface area contributed by atoms with Gasteiger partial charge in [0.2, 0.25) is 0 Å². The van der Waals surface area contributed by atoms with E-state index in [-0.39, 0.29) is 23.8 Å². The highest BCUT2D eigenvalue weighted by Gasteiger charge is 2.33. The van der Waals surface area contributed by atoms with Crippen LogP contribution in [0.25, 0.3) is 0 Å². The molecule has 0 bridgehead atoms. The second-order valence-electron chi connectivity index (χ2n) is 8.77. The van der Waals surface area contributed by atoms with Gasteiger partial charge in [0.05, 0.1) is 11.6 Å². The van der Waals surface area contributed by atoms with Crippen LogP contribution in [0.3, 0.4) is 0 Å². The highest BCUT2D eigenvalue weighted by Crippen LogP contribution is 2.30. The Bertz CT molecular complexity index is 616. The molecule has 1 aromatic rings. The first-order valence-electron chi connectivity index (χ1n) is 10.5. The predicted molar refractivity (Wildman–Crippen MR) is 107 cm³/mol. The van der Waals surface area contributed by atoms with E-state index in [2.05, 4.69) is 18.7 Å². The SMILES string of the molecule is CC(C)C(=O)[C@H](Cc1ccc(C(F)(F)F)cc1)N(CC1CCCCC1)C(C)C. The Morgan fingerprint density at radius 3 is 2.07 bits per heavy atom. The molecule has 2 nitrogen and oxygen atoms in total. The lowest BCUT2D eigenvalue weighted by Gasteiger charge is -2.38. The normalized spacial score (nSPS) is 17.5. The molecule has 5 heteroatoms. The number of benzene rings is 1. The van der Waals surface area contributed by atoms with Gasteiger partial charge in [0.1, 0.15) is 0 Å². The monoisotopic (exact) mass is 397 g/mol. The van der Waals surface area contributed by atoms with Gasteiger partial charge in [0.15, 0.2) is 5.78 Å². The minimum absolute atomic E-state index is 0.105. The van der Waals surface area contributed by atoms with Gasteiger partial charge in [0.25, 0.3) is 0 Å². The molecule has 1 atom stereocenters. The molecule has 1 fully saturated rings. The summed E-state index contributed by atoms with van der Waals surface area (Å²) in [6.45, 7) is 8.91. The van der Waals surface area contributed by atoms with Crippen molar-refractivity contribution in [2.75, 3.05) is 6.54 Å². The van der Waals surface area contributed by atoms with Crippen molar-refractivity contribution in [3.63, 3.8) is 0 Å². The Morgan fingerprint density at radius 1 is 1.04 bits per heavy atom. The van der Waals surface area contributed by atoms with Gasteiger partial charge in [-0.15, -0.1) is 0 Å². The van der Waals surface area contributed by atoms with Gasteiger partial charge < -0.3 is 0 Å². The third-order valence-corrected chi connectivity index (χ3v) is 5.87. The predicted octanol–water partition coefficient (Wildman–Crippen LogP) is 6.13. The highest BCUT2D eigenvalue weighted by molar-refractivity contribution is 5.86. The molecule has 2 rings (SSSR count). The summed E-state index contributed by atoms with van der Waals surface area (Å²) < 4.78 is 38.5. The lowest BCUT2D eigenvalue weighted by molar-refractivity contribution is -0.137. The average Bonchev–Trinajstić information content (AvgIpc) is 2.64. The molecule has 0 spiro atoms. The minimum atomic E-state index is -4.34. The van der Waals surface area contributed by atoms with Crippen LogP contribution in [0.15, 0.2) is 24.3 Å². The fourth-order valence-corrected chi connectivity index (χ4v) is 4.18. The summed E-state index contributed by atoms with van der Waals surface area (Å²) >= 11 is 0. The molecule has 1 aliphatic rings. The van der Waals surface area contributed by atoms with E-state index in [0.717, 1.165) is 24.2 Å². The number of carbonyl (C=O) groups excluding carboxylic acids is 1. The molecule has 0 unspecified atom stereocenters. The molecule has 0 radical (unpaired) electrons. The van der Waals surface area contributed by atoms with E-state index >= 15 is 0 Å². The first kappa shape index (κ1) is 22.9. The number of alkyl halides is 3. The number of ketones is 1. The smallest absolute Gasteiger partial charge is 0.298 e. The molecule has 1 saturated carbocycles. The maximum atomic E-state index is 13.0. The first-order chi connectivity index (χ1) is 13.1. The minimum Gasteiger partial charge on any atom is -0.298 e. The van der Waals surface area contributed by atoms with E-state index in [1.807, 2.05) is 13.8 Å². The molecule has 0 amide bonds. The molecule has 0 N–H and O–H groups in total. The van der Waals surface area contributed by atoms with E-state index in [4.69, 9.17) is 0 Å². The average molecular weight is 398 g/mol. The van der Waals surface area contributed by atoms with Crippen molar-refractivity contribution in [2.45, 2.75) is 84.5 Å². The van der Waals surface area contributed by atoms with Crippen LogP contribution in [-0.4, -0.2) is 29.3 Å². The number of rotatable bonds is 8. The molecule has 0 saturated heterocycles. The van der Waals surface area contributed by atoms with Crippen LogP contribution in [0.2, 0.25) is 0 Å². The largest absolute Gasteiger partial charge is 0.416 e. The number of halogens is 3. The quantitative estimate of drug-likeness (QED) is 0.526. The Morgan fingerprint density at radius 2 is 1.61 bits per heavy atom. The number of hydrogen-bond donors (Lipinski definition) is 0. The summed E-state index contributed by atoms with van der Waals surface area (Å²) in [5.41, 5.74) is 0.132. The highest BCUT2D eigenvalue weighted by atomic mass is 19.4. The van der Waals surface area contributed by atoms with Crippen LogP contribution in [0.1, 0.15) is 70.9 Å². The summed E-state index contributed by atoms with van der Waals surface area (Å²) in [4.78, 5) is 15.3. The van der Waals surface area contributed by atoms with Gasteiger partial charge in [-0.3, -0.25) is 9.69 Å². The Balaban J connectivity index is 2.22. The van der Waals surface area contributed by atoms with Crippen molar-refractivity contribution in [3.8, 4) is 0 Å². The van der Waals surface area contributed by atoms with Crippen molar-refractivity contribution in [3.05, 3.63) is 35.4 Å². The zero-order valence-corrected chi connectivity index (χ0v) is 17.6.